The number of aromatic amines is 2. The molecule has 136 valence electrons. The SMILES string of the molecule is CCOc1ccc(-c2n[nH]c(=S)n2N/N=C/c2c[nH]c3ccccc23)cc1. The van der Waals surface area contributed by atoms with Gasteiger partial charge in [0.1, 0.15) is 5.75 Å². The Labute approximate surface area is 160 Å². The molecule has 0 spiro atoms. The number of fused-ring (bicyclic) bond motifs is 1. The summed E-state index contributed by atoms with van der Waals surface area (Å²) in [7, 11) is 0. The van der Waals surface area contributed by atoms with E-state index in [1.807, 2.05) is 61.7 Å². The molecule has 4 rings (SSSR count). The number of nitrogens with zero attached hydrogens (tertiary/aromatic N) is 3. The summed E-state index contributed by atoms with van der Waals surface area (Å²) >= 11 is 5.31. The van der Waals surface area contributed by atoms with Gasteiger partial charge in [0.25, 0.3) is 0 Å². The van der Waals surface area contributed by atoms with Crippen molar-refractivity contribution in [3.8, 4) is 17.1 Å². The highest BCUT2D eigenvalue weighted by molar-refractivity contribution is 7.71. The second kappa shape index (κ2) is 7.46. The number of H-pyrrole nitrogens is 2. The topological polar surface area (TPSA) is 83.0 Å². The number of aromatic nitrogens is 4. The molecule has 0 bridgehead atoms. The zero-order valence-corrected chi connectivity index (χ0v) is 15.5. The summed E-state index contributed by atoms with van der Waals surface area (Å²) in [5.41, 5.74) is 5.88. The van der Waals surface area contributed by atoms with Crippen LogP contribution in [0.4, 0.5) is 0 Å². The summed E-state index contributed by atoms with van der Waals surface area (Å²) in [4.78, 5) is 3.22. The maximum Gasteiger partial charge on any atom is 0.216 e. The van der Waals surface area contributed by atoms with Crippen molar-refractivity contribution < 1.29 is 4.74 Å². The van der Waals surface area contributed by atoms with Crippen LogP contribution in [-0.4, -0.2) is 32.7 Å². The quantitative estimate of drug-likeness (QED) is 0.268. The van der Waals surface area contributed by atoms with Gasteiger partial charge in [0.15, 0.2) is 5.82 Å². The molecule has 0 aliphatic carbocycles. The van der Waals surface area contributed by atoms with Crippen molar-refractivity contribution in [1.82, 2.24) is 19.9 Å². The molecular formula is C19H18N6OS. The fourth-order valence-electron chi connectivity index (χ4n) is 2.81. The molecule has 0 atom stereocenters. The van der Waals surface area contributed by atoms with Crippen molar-refractivity contribution in [3.05, 3.63) is 65.1 Å². The zero-order chi connectivity index (χ0) is 18.6. The Bertz CT molecular complexity index is 1140. The van der Waals surface area contributed by atoms with Gasteiger partial charge in [-0.15, -0.1) is 0 Å². The molecule has 0 radical (unpaired) electrons. The Morgan fingerprint density at radius 2 is 2.04 bits per heavy atom. The van der Waals surface area contributed by atoms with Gasteiger partial charge >= 0.3 is 0 Å². The van der Waals surface area contributed by atoms with Crippen molar-refractivity contribution in [2.45, 2.75) is 6.92 Å². The fourth-order valence-corrected chi connectivity index (χ4v) is 2.98. The highest BCUT2D eigenvalue weighted by atomic mass is 32.1. The van der Waals surface area contributed by atoms with Gasteiger partial charge in [-0.2, -0.15) is 14.9 Å². The van der Waals surface area contributed by atoms with E-state index in [1.165, 1.54) is 0 Å². The van der Waals surface area contributed by atoms with E-state index in [0.717, 1.165) is 27.8 Å². The zero-order valence-electron chi connectivity index (χ0n) is 14.6. The van der Waals surface area contributed by atoms with Crippen LogP contribution in [0, 0.1) is 4.77 Å². The molecule has 0 saturated carbocycles. The van der Waals surface area contributed by atoms with Gasteiger partial charge in [-0.25, -0.2) is 10.6 Å². The first-order valence-corrected chi connectivity index (χ1v) is 8.93. The third kappa shape index (κ3) is 3.47. The Balaban J connectivity index is 1.58. The fraction of sp³-hybridized carbons (Fsp3) is 0.105. The number of hydrazone groups is 1. The summed E-state index contributed by atoms with van der Waals surface area (Å²) in [6.07, 6.45) is 3.66. The highest BCUT2D eigenvalue weighted by Gasteiger charge is 2.08. The molecule has 0 amide bonds. The first-order chi connectivity index (χ1) is 13.3. The Morgan fingerprint density at radius 3 is 2.85 bits per heavy atom. The van der Waals surface area contributed by atoms with E-state index < -0.39 is 0 Å². The normalized spacial score (nSPS) is 11.3. The van der Waals surface area contributed by atoms with Gasteiger partial charge in [-0.05, 0) is 49.5 Å². The average Bonchev–Trinajstić information content (AvgIpc) is 3.27. The molecule has 2 aromatic heterocycles. The molecule has 0 aliphatic heterocycles. The monoisotopic (exact) mass is 378 g/mol. The summed E-state index contributed by atoms with van der Waals surface area (Å²) in [6, 6.07) is 15.7. The minimum atomic E-state index is 0.426. The maximum atomic E-state index is 5.48. The van der Waals surface area contributed by atoms with Crippen molar-refractivity contribution in [3.63, 3.8) is 0 Å². The molecule has 7 nitrogen and oxygen atoms in total. The lowest BCUT2D eigenvalue weighted by molar-refractivity contribution is 0.340. The third-order valence-corrected chi connectivity index (χ3v) is 4.35. The lowest BCUT2D eigenvalue weighted by atomic mass is 10.2. The summed E-state index contributed by atoms with van der Waals surface area (Å²) in [6.45, 7) is 2.58. The van der Waals surface area contributed by atoms with E-state index in [1.54, 1.807) is 10.9 Å². The molecule has 0 fully saturated rings. The Hall–Kier alpha value is -3.39. The van der Waals surface area contributed by atoms with E-state index in [0.29, 0.717) is 17.2 Å². The van der Waals surface area contributed by atoms with Crippen LogP contribution >= 0.6 is 12.2 Å². The Kier molecular flexibility index (Phi) is 4.71. The predicted molar refractivity (Wildman–Crippen MR) is 109 cm³/mol. The molecule has 8 heteroatoms. The van der Waals surface area contributed by atoms with Gasteiger partial charge in [0, 0.05) is 28.2 Å². The summed E-state index contributed by atoms with van der Waals surface area (Å²) in [5.74, 6) is 1.45. The molecule has 2 aromatic carbocycles. The smallest absolute Gasteiger partial charge is 0.216 e. The van der Waals surface area contributed by atoms with Crippen molar-refractivity contribution in [2.24, 2.45) is 5.10 Å². The van der Waals surface area contributed by atoms with Gasteiger partial charge in [0.2, 0.25) is 4.77 Å². The van der Waals surface area contributed by atoms with Crippen LogP contribution in [0.5, 0.6) is 5.75 Å². The van der Waals surface area contributed by atoms with Crippen molar-refractivity contribution in [1.29, 1.82) is 0 Å². The van der Waals surface area contributed by atoms with E-state index >= 15 is 0 Å². The van der Waals surface area contributed by atoms with Crippen LogP contribution in [-0.2, 0) is 0 Å². The van der Waals surface area contributed by atoms with E-state index in [2.05, 4.69) is 25.8 Å². The molecule has 0 saturated heterocycles. The highest BCUT2D eigenvalue weighted by Crippen LogP contribution is 2.20. The minimum Gasteiger partial charge on any atom is -0.494 e. The first-order valence-electron chi connectivity index (χ1n) is 8.52. The maximum absolute atomic E-state index is 5.48. The lowest BCUT2D eigenvalue weighted by Crippen LogP contribution is -2.10. The van der Waals surface area contributed by atoms with E-state index in [9.17, 15) is 0 Å². The Morgan fingerprint density at radius 1 is 1.22 bits per heavy atom. The number of hydrogen-bond donors (Lipinski definition) is 3. The van der Waals surface area contributed by atoms with Crippen LogP contribution in [0.2, 0.25) is 0 Å². The number of nitrogens with one attached hydrogen (secondary N) is 3. The van der Waals surface area contributed by atoms with E-state index in [-0.39, 0.29) is 0 Å². The summed E-state index contributed by atoms with van der Waals surface area (Å²) < 4.78 is 7.52. The number of rotatable bonds is 6. The first kappa shape index (κ1) is 17.0. The van der Waals surface area contributed by atoms with Crippen LogP contribution in [0.15, 0.2) is 59.8 Å². The number of para-hydroxylation sites is 1. The third-order valence-electron chi connectivity index (χ3n) is 4.08. The molecule has 2 heterocycles. The van der Waals surface area contributed by atoms with Crippen molar-refractivity contribution in [2.75, 3.05) is 12.1 Å². The van der Waals surface area contributed by atoms with Crippen LogP contribution in [0.3, 0.4) is 0 Å². The van der Waals surface area contributed by atoms with Gasteiger partial charge in [-0.3, -0.25) is 0 Å². The molecule has 4 aromatic rings. The average molecular weight is 378 g/mol. The largest absolute Gasteiger partial charge is 0.494 e. The van der Waals surface area contributed by atoms with Crippen molar-refractivity contribution >= 4 is 29.3 Å². The van der Waals surface area contributed by atoms with Crippen LogP contribution < -0.4 is 10.3 Å². The second-order valence-electron chi connectivity index (χ2n) is 5.79. The predicted octanol–water partition coefficient (Wildman–Crippen LogP) is 4.07. The lowest BCUT2D eigenvalue weighted by Gasteiger charge is -2.07. The molecule has 3 N–H and O–H groups in total. The molecule has 0 unspecified atom stereocenters. The standard InChI is InChI=1S/C19H18N6OS/c1-2-26-15-9-7-13(8-10-15)18-22-23-19(27)25(18)24-21-12-14-11-20-17-6-4-3-5-16(14)17/h3-12,20,24H,2H2,1H3,(H,23,27)/b21-12+. The van der Waals surface area contributed by atoms with Gasteiger partial charge < -0.3 is 9.72 Å². The number of ether oxygens (including phenoxy) is 1. The molecule has 0 aliphatic rings. The minimum absolute atomic E-state index is 0.426. The van der Waals surface area contributed by atoms with Gasteiger partial charge in [-0.1, -0.05) is 18.2 Å². The van der Waals surface area contributed by atoms with Gasteiger partial charge in [0.05, 0.1) is 12.8 Å². The number of hydrogen-bond acceptors (Lipinski definition) is 5. The molecule has 27 heavy (non-hydrogen) atoms. The summed E-state index contributed by atoms with van der Waals surface area (Å²) in [5, 5.41) is 12.5. The van der Waals surface area contributed by atoms with Crippen LogP contribution in [0.25, 0.3) is 22.3 Å². The number of benzene rings is 2. The van der Waals surface area contributed by atoms with E-state index in [4.69, 9.17) is 17.0 Å². The molecular weight excluding hydrogens is 360 g/mol. The second-order valence-corrected chi connectivity index (χ2v) is 6.18. The van der Waals surface area contributed by atoms with Crippen LogP contribution in [0.1, 0.15) is 12.5 Å².